The Balaban J connectivity index is 2.03. The van der Waals surface area contributed by atoms with Gasteiger partial charge >= 0.3 is 0 Å². The summed E-state index contributed by atoms with van der Waals surface area (Å²) in [5.41, 5.74) is 7.20. The molecule has 0 saturated heterocycles. The van der Waals surface area contributed by atoms with Crippen LogP contribution < -0.4 is 15.8 Å². The Morgan fingerprint density at radius 2 is 1.83 bits per heavy atom. The van der Waals surface area contributed by atoms with E-state index in [1.54, 1.807) is 0 Å². The van der Waals surface area contributed by atoms with Gasteiger partial charge in [0.1, 0.15) is 5.75 Å². The highest BCUT2D eigenvalue weighted by molar-refractivity contribution is 5.30. The van der Waals surface area contributed by atoms with E-state index in [1.807, 2.05) is 20.9 Å². The summed E-state index contributed by atoms with van der Waals surface area (Å²) < 4.78 is 5.66. The van der Waals surface area contributed by atoms with Crippen molar-refractivity contribution in [2.75, 3.05) is 7.05 Å². The molecule has 0 bridgehead atoms. The fourth-order valence-corrected chi connectivity index (χ4v) is 2.68. The lowest BCUT2D eigenvalue weighted by Gasteiger charge is -2.38. The van der Waals surface area contributed by atoms with E-state index in [1.165, 1.54) is 5.56 Å². The normalized spacial score (nSPS) is 24.7. The predicted molar refractivity (Wildman–Crippen MR) is 74.7 cm³/mol. The number of hydrogen-bond acceptors (Lipinski definition) is 3. The Morgan fingerprint density at radius 3 is 2.28 bits per heavy atom. The highest BCUT2D eigenvalue weighted by atomic mass is 16.5. The zero-order valence-electron chi connectivity index (χ0n) is 11.5. The molecule has 0 aromatic heterocycles. The summed E-state index contributed by atoms with van der Waals surface area (Å²) in [7, 11) is 2.02. The van der Waals surface area contributed by atoms with Crippen LogP contribution in [0.5, 0.6) is 5.75 Å². The summed E-state index contributed by atoms with van der Waals surface area (Å²) in [6.45, 7) is 4.08. The van der Waals surface area contributed by atoms with Gasteiger partial charge < -0.3 is 15.8 Å². The van der Waals surface area contributed by atoms with Crippen LogP contribution in [0, 0.1) is 5.92 Å². The highest BCUT2D eigenvalue weighted by Gasteiger charge is 2.32. The lowest BCUT2D eigenvalue weighted by molar-refractivity contribution is 0.204. The quantitative estimate of drug-likeness (QED) is 0.841. The summed E-state index contributed by atoms with van der Waals surface area (Å²) >= 11 is 0. The molecule has 1 aliphatic carbocycles. The van der Waals surface area contributed by atoms with Crippen LogP contribution in [0.4, 0.5) is 0 Å². The first-order valence-corrected chi connectivity index (χ1v) is 6.79. The van der Waals surface area contributed by atoms with Crippen molar-refractivity contribution >= 4 is 0 Å². The Kier molecular flexibility index (Phi) is 4.25. The molecule has 1 saturated carbocycles. The van der Waals surface area contributed by atoms with E-state index >= 15 is 0 Å². The SMILES string of the molecule is CNC(c1ccc(OC(C)C)cc1)C1CC(N)C1. The van der Waals surface area contributed by atoms with Gasteiger partial charge in [-0.3, -0.25) is 0 Å². The van der Waals surface area contributed by atoms with E-state index in [2.05, 4.69) is 29.6 Å². The molecule has 2 rings (SSSR count). The molecule has 1 aromatic carbocycles. The maximum Gasteiger partial charge on any atom is 0.119 e. The van der Waals surface area contributed by atoms with E-state index in [9.17, 15) is 0 Å². The molecule has 1 unspecified atom stereocenters. The van der Waals surface area contributed by atoms with E-state index in [0.717, 1.165) is 18.6 Å². The van der Waals surface area contributed by atoms with Crippen LogP contribution in [-0.2, 0) is 0 Å². The Labute approximate surface area is 110 Å². The molecule has 3 nitrogen and oxygen atoms in total. The zero-order valence-corrected chi connectivity index (χ0v) is 11.5. The van der Waals surface area contributed by atoms with Gasteiger partial charge in [-0.15, -0.1) is 0 Å². The minimum atomic E-state index is 0.223. The fourth-order valence-electron chi connectivity index (χ4n) is 2.68. The van der Waals surface area contributed by atoms with E-state index in [-0.39, 0.29) is 6.10 Å². The third kappa shape index (κ3) is 3.03. The van der Waals surface area contributed by atoms with Crippen LogP contribution >= 0.6 is 0 Å². The third-order valence-electron chi connectivity index (χ3n) is 3.60. The Morgan fingerprint density at radius 1 is 1.22 bits per heavy atom. The first kappa shape index (κ1) is 13.4. The van der Waals surface area contributed by atoms with Crippen molar-refractivity contribution in [1.29, 1.82) is 0 Å². The lowest BCUT2D eigenvalue weighted by atomic mass is 9.74. The topological polar surface area (TPSA) is 47.3 Å². The van der Waals surface area contributed by atoms with Crippen molar-refractivity contribution < 1.29 is 4.74 Å². The molecule has 1 atom stereocenters. The van der Waals surface area contributed by atoms with Gasteiger partial charge in [-0.1, -0.05) is 12.1 Å². The zero-order chi connectivity index (χ0) is 13.1. The summed E-state index contributed by atoms with van der Waals surface area (Å²) in [6, 6.07) is 9.23. The van der Waals surface area contributed by atoms with Crippen LogP contribution in [0.3, 0.4) is 0 Å². The monoisotopic (exact) mass is 248 g/mol. The Bertz CT molecular complexity index is 369. The lowest BCUT2D eigenvalue weighted by Crippen LogP contribution is -2.42. The molecular weight excluding hydrogens is 224 g/mol. The maximum atomic E-state index is 5.87. The summed E-state index contributed by atoms with van der Waals surface area (Å²) in [5, 5.41) is 3.40. The van der Waals surface area contributed by atoms with Crippen molar-refractivity contribution in [3.63, 3.8) is 0 Å². The Hall–Kier alpha value is -1.06. The highest BCUT2D eigenvalue weighted by Crippen LogP contribution is 2.37. The number of nitrogens with one attached hydrogen (secondary N) is 1. The molecule has 3 N–H and O–H groups in total. The molecule has 18 heavy (non-hydrogen) atoms. The van der Waals surface area contributed by atoms with Gasteiger partial charge in [-0.2, -0.15) is 0 Å². The molecule has 0 heterocycles. The molecule has 1 aliphatic rings. The van der Waals surface area contributed by atoms with Crippen LogP contribution in [0.1, 0.15) is 38.3 Å². The van der Waals surface area contributed by atoms with Crippen molar-refractivity contribution in [2.24, 2.45) is 11.7 Å². The molecule has 0 radical (unpaired) electrons. The second-order valence-corrected chi connectivity index (χ2v) is 5.49. The van der Waals surface area contributed by atoms with Crippen LogP contribution in [-0.4, -0.2) is 19.2 Å². The second-order valence-electron chi connectivity index (χ2n) is 5.49. The molecule has 3 heteroatoms. The summed E-state index contributed by atoms with van der Waals surface area (Å²) in [4.78, 5) is 0. The minimum absolute atomic E-state index is 0.223. The molecular formula is C15H24N2O. The standard InChI is InChI=1S/C15H24N2O/c1-10(2)18-14-6-4-11(5-7-14)15(17-3)12-8-13(16)9-12/h4-7,10,12-13,15,17H,8-9,16H2,1-3H3. The molecule has 0 aliphatic heterocycles. The van der Waals surface area contributed by atoms with Crippen molar-refractivity contribution in [3.8, 4) is 5.75 Å². The van der Waals surface area contributed by atoms with E-state index in [4.69, 9.17) is 10.5 Å². The smallest absolute Gasteiger partial charge is 0.119 e. The number of benzene rings is 1. The maximum absolute atomic E-state index is 5.87. The first-order valence-electron chi connectivity index (χ1n) is 6.79. The van der Waals surface area contributed by atoms with Crippen molar-refractivity contribution in [2.45, 2.75) is 44.9 Å². The second kappa shape index (κ2) is 5.72. The number of nitrogens with two attached hydrogens (primary N) is 1. The van der Waals surface area contributed by atoms with Gasteiger partial charge in [-0.05, 0) is 57.4 Å². The van der Waals surface area contributed by atoms with Gasteiger partial charge in [0.25, 0.3) is 0 Å². The summed E-state index contributed by atoms with van der Waals surface area (Å²) in [6.07, 6.45) is 2.46. The molecule has 1 fully saturated rings. The van der Waals surface area contributed by atoms with Crippen LogP contribution in [0.25, 0.3) is 0 Å². The summed E-state index contributed by atoms with van der Waals surface area (Å²) in [5.74, 6) is 1.61. The average molecular weight is 248 g/mol. The fraction of sp³-hybridized carbons (Fsp3) is 0.600. The van der Waals surface area contributed by atoms with E-state index < -0.39 is 0 Å². The number of ether oxygens (including phenoxy) is 1. The van der Waals surface area contributed by atoms with Gasteiger partial charge in [0, 0.05) is 12.1 Å². The van der Waals surface area contributed by atoms with Crippen LogP contribution in [0.2, 0.25) is 0 Å². The largest absolute Gasteiger partial charge is 0.491 e. The average Bonchev–Trinajstić information content (AvgIpc) is 2.29. The van der Waals surface area contributed by atoms with Gasteiger partial charge in [0.2, 0.25) is 0 Å². The molecule has 100 valence electrons. The van der Waals surface area contributed by atoms with Crippen LogP contribution in [0.15, 0.2) is 24.3 Å². The predicted octanol–water partition coefficient (Wildman–Crippen LogP) is 2.47. The van der Waals surface area contributed by atoms with Gasteiger partial charge in [0.15, 0.2) is 0 Å². The van der Waals surface area contributed by atoms with Gasteiger partial charge in [0.05, 0.1) is 6.10 Å². The molecule has 0 spiro atoms. The van der Waals surface area contributed by atoms with Crippen molar-refractivity contribution in [1.82, 2.24) is 5.32 Å². The van der Waals surface area contributed by atoms with Gasteiger partial charge in [-0.25, -0.2) is 0 Å². The number of rotatable bonds is 5. The molecule has 1 aromatic rings. The molecule has 0 amide bonds. The third-order valence-corrected chi connectivity index (χ3v) is 3.60. The first-order chi connectivity index (χ1) is 8.60. The van der Waals surface area contributed by atoms with E-state index in [0.29, 0.717) is 18.0 Å². The number of hydrogen-bond donors (Lipinski definition) is 2. The van der Waals surface area contributed by atoms with Crippen molar-refractivity contribution in [3.05, 3.63) is 29.8 Å². The minimum Gasteiger partial charge on any atom is -0.491 e.